The van der Waals surface area contributed by atoms with E-state index in [2.05, 4.69) is 21.0 Å². The van der Waals surface area contributed by atoms with E-state index < -0.39 is 20.8 Å². The fourth-order valence-electron chi connectivity index (χ4n) is 5.05. The predicted molar refractivity (Wildman–Crippen MR) is 186 cm³/mol. The van der Waals surface area contributed by atoms with Crippen LogP contribution in [0.25, 0.3) is 21.9 Å². The first-order chi connectivity index (χ1) is 23.1. The van der Waals surface area contributed by atoms with Crippen LogP contribution < -0.4 is 15.8 Å². The maximum atomic E-state index is 12.3. The Bertz CT molecular complexity index is 2270. The largest absolute Gasteiger partial charge is 0.565 e. The van der Waals surface area contributed by atoms with Gasteiger partial charge in [-0.3, -0.25) is 9.56 Å². The van der Waals surface area contributed by atoms with Gasteiger partial charge in [-0.2, -0.15) is 13.5 Å². The number of carbonyl (C=O) groups excluding carboxylic acids is 1. The zero-order chi connectivity index (χ0) is 33.8. The SMILES string of the molecule is CN(Nc1ccc(O)c([C-]=O)c1)c1ccc(-c2ccc(N=Nc3c(S(=O)(=O)O)cc4ccc(Nc5ccccc5)cc4c3O)cc2)cc1.[U]. The number of phenolic OH excluding ortho intramolecular Hbond substituents is 2. The van der Waals surface area contributed by atoms with E-state index in [9.17, 15) is 28.0 Å². The number of hydrogen-bond donors (Lipinski definition) is 5. The Hall–Kier alpha value is -5.19. The average Bonchev–Trinajstić information content (AvgIpc) is 3.09. The normalized spacial score (nSPS) is 11.2. The smallest absolute Gasteiger partial charge is 0.296 e. The molecule has 0 aliphatic heterocycles. The molecule has 11 nitrogen and oxygen atoms in total. The van der Waals surface area contributed by atoms with Crippen molar-refractivity contribution in [3.8, 4) is 22.6 Å². The van der Waals surface area contributed by atoms with E-state index >= 15 is 0 Å². The van der Waals surface area contributed by atoms with Crippen molar-refractivity contribution < 1.29 is 59.1 Å². The Labute approximate surface area is 306 Å². The van der Waals surface area contributed by atoms with Crippen LogP contribution in [0.3, 0.4) is 0 Å². The molecule has 0 bridgehead atoms. The van der Waals surface area contributed by atoms with Gasteiger partial charge in [0.2, 0.25) is 0 Å². The summed E-state index contributed by atoms with van der Waals surface area (Å²) in [6.07, 6.45) is 1.70. The number of hydrazine groups is 1. The van der Waals surface area contributed by atoms with Crippen molar-refractivity contribution in [2.24, 2.45) is 10.2 Å². The Morgan fingerprint density at radius 2 is 1.39 bits per heavy atom. The van der Waals surface area contributed by atoms with Gasteiger partial charge in [0.25, 0.3) is 10.1 Å². The minimum Gasteiger partial charge on any atom is -0.565 e. The van der Waals surface area contributed by atoms with E-state index in [1.807, 2.05) is 73.8 Å². The first kappa shape index (κ1) is 35.1. The summed E-state index contributed by atoms with van der Waals surface area (Å²) in [6, 6.07) is 35.0. The first-order valence-corrected chi connectivity index (χ1v) is 16.0. The molecule has 49 heavy (non-hydrogen) atoms. The minimum absolute atomic E-state index is 0. The number of fused-ring (bicyclic) bond motifs is 1. The quantitative estimate of drug-likeness (QED) is 0.0300. The fourth-order valence-corrected chi connectivity index (χ4v) is 5.71. The molecule has 0 heterocycles. The van der Waals surface area contributed by atoms with Gasteiger partial charge >= 0.3 is 0 Å². The van der Waals surface area contributed by atoms with Crippen molar-refractivity contribution in [2.75, 3.05) is 22.8 Å². The third kappa shape index (κ3) is 8.10. The van der Waals surface area contributed by atoms with E-state index in [4.69, 9.17) is 0 Å². The molecule has 13 heteroatoms. The molecule has 0 aliphatic rings. The van der Waals surface area contributed by atoms with E-state index in [-0.39, 0.29) is 48.1 Å². The van der Waals surface area contributed by atoms with Crippen LogP contribution in [-0.2, 0) is 14.9 Å². The molecule has 0 saturated carbocycles. The molecule has 0 aromatic heterocycles. The van der Waals surface area contributed by atoms with Gasteiger partial charge in [-0.15, -0.1) is 16.7 Å². The molecule has 6 rings (SSSR count). The van der Waals surface area contributed by atoms with Gasteiger partial charge in [0.1, 0.15) is 10.6 Å². The Morgan fingerprint density at radius 3 is 2.04 bits per heavy atom. The van der Waals surface area contributed by atoms with E-state index in [0.29, 0.717) is 27.8 Å². The van der Waals surface area contributed by atoms with Gasteiger partial charge in [0.05, 0.1) is 17.7 Å². The minimum atomic E-state index is -4.75. The van der Waals surface area contributed by atoms with Crippen molar-refractivity contribution >= 4 is 61.3 Å². The number of hydrogen-bond acceptors (Lipinski definition) is 10. The number of nitrogens with zero attached hydrogens (tertiary/aromatic N) is 3. The summed E-state index contributed by atoms with van der Waals surface area (Å²) in [4.78, 5) is 10.4. The van der Waals surface area contributed by atoms with Gasteiger partial charge < -0.3 is 25.8 Å². The Morgan fingerprint density at radius 1 is 0.735 bits per heavy atom. The third-order valence-electron chi connectivity index (χ3n) is 7.52. The van der Waals surface area contributed by atoms with E-state index in [0.717, 1.165) is 22.5 Å². The third-order valence-corrected chi connectivity index (χ3v) is 8.38. The van der Waals surface area contributed by atoms with Gasteiger partial charge in [-0.1, -0.05) is 60.7 Å². The van der Waals surface area contributed by atoms with Crippen LogP contribution in [-0.4, -0.2) is 36.5 Å². The Balaban J connectivity index is 0.00000468. The number of anilines is 4. The van der Waals surface area contributed by atoms with Crippen LogP contribution in [0, 0.1) is 31.1 Å². The summed E-state index contributed by atoms with van der Waals surface area (Å²) < 4.78 is 34.5. The molecule has 0 amide bonds. The van der Waals surface area contributed by atoms with Crippen LogP contribution in [0.2, 0.25) is 0 Å². The van der Waals surface area contributed by atoms with Gasteiger partial charge in [-0.05, 0) is 76.8 Å². The summed E-state index contributed by atoms with van der Waals surface area (Å²) in [5.41, 5.74) is 7.93. The van der Waals surface area contributed by atoms with Crippen LogP contribution in [0.15, 0.2) is 136 Å². The molecule has 0 spiro atoms. The molecule has 0 radical (unpaired) electrons. The van der Waals surface area contributed by atoms with Crippen molar-refractivity contribution in [1.29, 1.82) is 0 Å². The zero-order valence-electron chi connectivity index (χ0n) is 25.9. The monoisotopic (exact) mass is 896 g/mol. The molecule has 0 unspecified atom stereocenters. The number of para-hydroxylation sites is 1. The summed E-state index contributed by atoms with van der Waals surface area (Å²) in [5.74, 6) is -0.583. The van der Waals surface area contributed by atoms with Crippen LogP contribution >= 0.6 is 0 Å². The number of azo groups is 1. The van der Waals surface area contributed by atoms with Crippen LogP contribution in [0.1, 0.15) is 5.56 Å². The van der Waals surface area contributed by atoms with E-state index in [1.54, 1.807) is 47.7 Å². The molecular formula is C36H28N5O6SU-. The second-order valence-electron chi connectivity index (χ2n) is 10.8. The molecular weight excluding hydrogens is 869 g/mol. The van der Waals surface area contributed by atoms with Crippen LogP contribution in [0.5, 0.6) is 11.5 Å². The summed E-state index contributed by atoms with van der Waals surface area (Å²) in [6.45, 7) is 0. The molecule has 0 aliphatic carbocycles. The van der Waals surface area contributed by atoms with Crippen molar-refractivity contribution in [3.63, 3.8) is 0 Å². The van der Waals surface area contributed by atoms with Gasteiger partial charge in [-0.25, -0.2) is 0 Å². The molecule has 6 aromatic carbocycles. The molecule has 244 valence electrons. The van der Waals surface area contributed by atoms with Gasteiger partial charge in [0.15, 0.2) is 5.75 Å². The Kier molecular flexibility index (Phi) is 10.7. The second kappa shape index (κ2) is 14.9. The standard InChI is InChI=1S/C36H28N5O6S.U/c1-41(40-30-15-18-33(43)26(19-30)22-42)31-16-10-24(11-17-31)23-7-12-28(13-8-23)38-39-35-34(48(45,46)47)20-25-9-14-29(21-32(25)36(35)44)37-27-5-3-2-4-6-27;/h2-21,37,40,43-44H,1H3,(H,45,46,47);/q-1;. The first-order valence-electron chi connectivity index (χ1n) is 14.5. The maximum Gasteiger partial charge on any atom is 0.296 e. The van der Waals surface area contributed by atoms with E-state index in [1.165, 1.54) is 18.2 Å². The van der Waals surface area contributed by atoms with Crippen LogP contribution in [0.4, 0.5) is 34.1 Å². The van der Waals surface area contributed by atoms with Crippen molar-refractivity contribution in [2.45, 2.75) is 4.90 Å². The number of rotatable bonds is 10. The average molecular weight is 897 g/mol. The van der Waals surface area contributed by atoms with Crippen molar-refractivity contribution in [3.05, 3.63) is 127 Å². The molecule has 5 N–H and O–H groups in total. The fraction of sp³-hybridized carbons (Fsp3) is 0.0278. The molecule has 0 atom stereocenters. The zero-order valence-corrected chi connectivity index (χ0v) is 30.8. The maximum absolute atomic E-state index is 12.3. The summed E-state index contributed by atoms with van der Waals surface area (Å²) in [7, 11) is -2.94. The molecule has 6 aromatic rings. The summed E-state index contributed by atoms with van der Waals surface area (Å²) in [5, 5.41) is 34.8. The number of benzene rings is 6. The topological polar surface area (TPSA) is 164 Å². The predicted octanol–water partition coefficient (Wildman–Crippen LogP) is 8.24. The number of phenols is 2. The molecule has 0 saturated heterocycles. The van der Waals surface area contributed by atoms with Crippen molar-refractivity contribution in [1.82, 2.24) is 0 Å². The van der Waals surface area contributed by atoms with Gasteiger partial charge in [0, 0.05) is 60.7 Å². The molecule has 0 fully saturated rings. The second-order valence-corrected chi connectivity index (χ2v) is 12.2. The number of aromatic hydroxyl groups is 2. The number of nitrogens with one attached hydrogen (secondary N) is 2. The summed E-state index contributed by atoms with van der Waals surface area (Å²) >= 11 is 0.